The Morgan fingerprint density at radius 3 is 1.87 bits per heavy atom. The fourth-order valence-corrected chi connectivity index (χ4v) is 4.51. The first-order chi connectivity index (χ1) is 14.7. The van der Waals surface area contributed by atoms with E-state index < -0.39 is 0 Å². The van der Waals surface area contributed by atoms with Crippen LogP contribution < -0.4 is 4.90 Å². The van der Waals surface area contributed by atoms with Gasteiger partial charge in [0.2, 0.25) is 0 Å². The highest BCUT2D eigenvalue weighted by atomic mass is 79.9. The van der Waals surface area contributed by atoms with Gasteiger partial charge >= 0.3 is 0 Å². The number of carbonyl (C=O) groups is 1. The number of nitrogens with zero attached hydrogens (tertiary/aromatic N) is 1. The smallest absolute Gasteiger partial charge is 0.173 e. The van der Waals surface area contributed by atoms with Crippen molar-refractivity contribution in [1.29, 1.82) is 0 Å². The van der Waals surface area contributed by atoms with Crippen molar-refractivity contribution in [1.82, 2.24) is 0 Å². The molecule has 1 aliphatic carbocycles. The molecular formula is C27H20BrNO. The van der Waals surface area contributed by atoms with Gasteiger partial charge in [0.25, 0.3) is 0 Å². The third-order valence-corrected chi connectivity index (χ3v) is 6.10. The first-order valence-corrected chi connectivity index (χ1v) is 11.1. The van der Waals surface area contributed by atoms with Gasteiger partial charge in [0.15, 0.2) is 5.78 Å². The molecular weight excluding hydrogens is 434 g/mol. The second-order valence-electron chi connectivity index (χ2n) is 7.45. The van der Waals surface area contributed by atoms with E-state index >= 15 is 0 Å². The lowest BCUT2D eigenvalue weighted by atomic mass is 10.0. The van der Waals surface area contributed by atoms with Crippen LogP contribution in [0.25, 0.3) is 11.1 Å². The summed E-state index contributed by atoms with van der Waals surface area (Å²) < 4.78 is 0. The zero-order valence-corrected chi connectivity index (χ0v) is 18.0. The molecule has 0 saturated heterocycles. The van der Waals surface area contributed by atoms with Crippen LogP contribution in [0.1, 0.15) is 21.5 Å². The van der Waals surface area contributed by atoms with Crippen molar-refractivity contribution in [2.24, 2.45) is 0 Å². The van der Waals surface area contributed by atoms with Crippen LogP contribution in [0.4, 0.5) is 17.1 Å². The lowest BCUT2D eigenvalue weighted by Gasteiger charge is -2.26. The number of ketones is 1. The minimum Gasteiger partial charge on any atom is -0.310 e. The Bertz CT molecular complexity index is 1180. The molecule has 0 amide bonds. The molecule has 1 aliphatic rings. The summed E-state index contributed by atoms with van der Waals surface area (Å²) >= 11 is 3.28. The Morgan fingerprint density at radius 1 is 0.700 bits per heavy atom. The van der Waals surface area contributed by atoms with Gasteiger partial charge in [0, 0.05) is 22.6 Å². The van der Waals surface area contributed by atoms with Crippen molar-refractivity contribution >= 4 is 38.8 Å². The van der Waals surface area contributed by atoms with E-state index in [9.17, 15) is 4.79 Å². The topological polar surface area (TPSA) is 20.3 Å². The van der Waals surface area contributed by atoms with Gasteiger partial charge in [0.05, 0.1) is 5.33 Å². The summed E-state index contributed by atoms with van der Waals surface area (Å²) in [7, 11) is 0. The predicted molar refractivity (Wildman–Crippen MR) is 127 cm³/mol. The van der Waals surface area contributed by atoms with Gasteiger partial charge in [-0.25, -0.2) is 0 Å². The molecule has 2 nitrogen and oxygen atoms in total. The number of rotatable bonds is 5. The van der Waals surface area contributed by atoms with Crippen molar-refractivity contribution in [3.05, 3.63) is 114 Å². The number of hydrogen-bond acceptors (Lipinski definition) is 2. The molecule has 0 aliphatic heterocycles. The highest BCUT2D eigenvalue weighted by molar-refractivity contribution is 9.09. The van der Waals surface area contributed by atoms with E-state index in [1.807, 2.05) is 24.3 Å². The Morgan fingerprint density at radius 2 is 1.27 bits per heavy atom. The fraction of sp³-hybridized carbons (Fsp3) is 0.0741. The number of fused-ring (bicyclic) bond motifs is 3. The molecule has 0 radical (unpaired) electrons. The fourth-order valence-electron chi connectivity index (χ4n) is 4.19. The SMILES string of the molecule is O=C(CBr)c1ccc2c(c1)Cc1cc(N(c3ccccc3)c3ccccc3)ccc1-2. The largest absolute Gasteiger partial charge is 0.310 e. The second kappa shape index (κ2) is 7.92. The lowest BCUT2D eigenvalue weighted by molar-refractivity contribution is 0.102. The molecule has 0 bridgehead atoms. The van der Waals surface area contributed by atoms with E-state index in [0.29, 0.717) is 5.33 Å². The zero-order valence-electron chi connectivity index (χ0n) is 16.4. The Kier molecular flexibility index (Phi) is 4.97. The summed E-state index contributed by atoms with van der Waals surface area (Å²) in [6, 6.07) is 33.6. The van der Waals surface area contributed by atoms with Gasteiger partial charge in [-0.05, 0) is 71.1 Å². The molecule has 0 saturated carbocycles. The molecule has 0 N–H and O–H groups in total. The zero-order chi connectivity index (χ0) is 20.5. The molecule has 30 heavy (non-hydrogen) atoms. The number of halogens is 1. The quantitative estimate of drug-likeness (QED) is 0.205. The van der Waals surface area contributed by atoms with Crippen molar-refractivity contribution < 1.29 is 4.79 Å². The second-order valence-corrected chi connectivity index (χ2v) is 8.01. The Labute approximate surface area is 184 Å². The summed E-state index contributed by atoms with van der Waals surface area (Å²) in [5, 5.41) is 0.353. The molecule has 0 spiro atoms. The Balaban J connectivity index is 1.57. The van der Waals surface area contributed by atoms with Crippen LogP contribution in [-0.2, 0) is 6.42 Å². The van der Waals surface area contributed by atoms with Gasteiger partial charge in [-0.2, -0.15) is 0 Å². The average Bonchev–Trinajstić information content (AvgIpc) is 3.17. The van der Waals surface area contributed by atoms with Crippen molar-refractivity contribution in [3.63, 3.8) is 0 Å². The summed E-state index contributed by atoms with van der Waals surface area (Å²) in [4.78, 5) is 14.4. The minimum atomic E-state index is 0.119. The third kappa shape index (κ3) is 3.35. The van der Waals surface area contributed by atoms with Crippen molar-refractivity contribution in [2.75, 3.05) is 10.2 Å². The number of anilines is 3. The summed E-state index contributed by atoms with van der Waals surface area (Å²) in [6.45, 7) is 0. The van der Waals surface area contributed by atoms with Crippen molar-refractivity contribution in [2.45, 2.75) is 6.42 Å². The Hall–Kier alpha value is -3.17. The molecule has 4 aromatic carbocycles. The molecule has 5 rings (SSSR count). The van der Waals surface area contributed by atoms with Gasteiger partial charge in [-0.15, -0.1) is 0 Å². The minimum absolute atomic E-state index is 0.119. The van der Waals surface area contributed by atoms with E-state index in [-0.39, 0.29) is 5.78 Å². The number of para-hydroxylation sites is 2. The van der Waals surface area contributed by atoms with Crippen molar-refractivity contribution in [3.8, 4) is 11.1 Å². The van der Waals surface area contributed by atoms with E-state index in [0.717, 1.165) is 29.0 Å². The maximum Gasteiger partial charge on any atom is 0.173 e. The molecule has 0 atom stereocenters. The van der Waals surface area contributed by atoms with Crippen LogP contribution in [0.15, 0.2) is 97.1 Å². The molecule has 146 valence electrons. The highest BCUT2D eigenvalue weighted by Crippen LogP contribution is 2.42. The first kappa shape index (κ1) is 18.8. The van der Waals surface area contributed by atoms with Gasteiger partial charge in [-0.3, -0.25) is 4.79 Å². The van der Waals surface area contributed by atoms with Gasteiger partial charge < -0.3 is 4.90 Å². The van der Waals surface area contributed by atoms with Crippen LogP contribution in [-0.4, -0.2) is 11.1 Å². The van der Waals surface area contributed by atoms with E-state index in [1.54, 1.807) is 0 Å². The molecule has 0 fully saturated rings. The predicted octanol–water partition coefficient (Wildman–Crippen LogP) is 7.31. The molecule has 0 unspecified atom stereocenters. The van der Waals surface area contributed by atoms with E-state index in [2.05, 4.69) is 93.6 Å². The number of Topliss-reactive ketones (excluding diaryl/α,β-unsaturated/α-hetero) is 1. The number of hydrogen-bond donors (Lipinski definition) is 0. The maximum absolute atomic E-state index is 12.1. The van der Waals surface area contributed by atoms with E-state index in [1.165, 1.54) is 22.3 Å². The molecule has 0 aromatic heterocycles. The molecule has 4 aromatic rings. The van der Waals surface area contributed by atoms with E-state index in [4.69, 9.17) is 0 Å². The summed E-state index contributed by atoms with van der Waals surface area (Å²) in [5.74, 6) is 0.119. The van der Waals surface area contributed by atoms with Crippen LogP contribution in [0.5, 0.6) is 0 Å². The highest BCUT2D eigenvalue weighted by Gasteiger charge is 2.22. The number of carbonyl (C=O) groups excluding carboxylic acids is 1. The van der Waals surface area contributed by atoms with Crippen LogP contribution in [0.2, 0.25) is 0 Å². The monoisotopic (exact) mass is 453 g/mol. The summed E-state index contributed by atoms with van der Waals surface area (Å²) in [6.07, 6.45) is 0.847. The van der Waals surface area contributed by atoms with Gasteiger partial charge in [0.1, 0.15) is 0 Å². The van der Waals surface area contributed by atoms with Gasteiger partial charge in [-0.1, -0.05) is 70.5 Å². The normalized spacial score (nSPS) is 11.6. The number of benzene rings is 4. The summed E-state index contributed by atoms with van der Waals surface area (Å²) in [5.41, 5.74) is 9.17. The average molecular weight is 454 g/mol. The molecule has 0 heterocycles. The van der Waals surface area contributed by atoms with Crippen LogP contribution in [0, 0.1) is 0 Å². The number of alkyl halides is 1. The standard InChI is InChI=1S/C27H20BrNO/c28-18-27(30)19-11-13-25-20(15-19)16-21-17-24(12-14-26(21)25)29(22-7-3-1-4-8-22)23-9-5-2-6-10-23/h1-15,17H,16,18H2. The first-order valence-electron chi connectivity index (χ1n) is 10.0. The lowest BCUT2D eigenvalue weighted by Crippen LogP contribution is -2.09. The maximum atomic E-state index is 12.1. The third-order valence-electron chi connectivity index (χ3n) is 5.60. The molecule has 3 heteroatoms. The van der Waals surface area contributed by atoms with Crippen LogP contribution in [0.3, 0.4) is 0 Å². The van der Waals surface area contributed by atoms with Crippen LogP contribution >= 0.6 is 15.9 Å².